The molecular formula is C14H15N3O4S2. The lowest BCUT2D eigenvalue weighted by Gasteiger charge is -2.02. The highest BCUT2D eigenvalue weighted by Crippen LogP contribution is 2.24. The number of oxazole rings is 1. The Morgan fingerprint density at radius 1 is 1.39 bits per heavy atom. The van der Waals surface area contributed by atoms with Gasteiger partial charge in [-0.1, -0.05) is 13.0 Å². The summed E-state index contributed by atoms with van der Waals surface area (Å²) in [5.74, 6) is -0.393. The number of hydrogen-bond acceptors (Lipinski definition) is 6. The molecule has 23 heavy (non-hydrogen) atoms. The minimum absolute atomic E-state index is 0.106. The van der Waals surface area contributed by atoms with Gasteiger partial charge in [-0.3, -0.25) is 4.98 Å². The first-order chi connectivity index (χ1) is 11.0. The lowest BCUT2D eigenvalue weighted by Crippen LogP contribution is -2.25. The summed E-state index contributed by atoms with van der Waals surface area (Å²) in [5.41, 5.74) is 2.61. The standard InChI is InChI=1S/C14H15N3O4S2/c1-2-5-23(19,20)15-7-13-16-11(8-22-13)9-3-4-10-12(6-9)21-14(18)17-10/h3-4,6,8,15H,2,5,7H2,1H3,(H,17,18). The number of rotatable bonds is 6. The predicted molar refractivity (Wildman–Crippen MR) is 88.9 cm³/mol. The Hall–Kier alpha value is -1.97. The Morgan fingerprint density at radius 3 is 3.00 bits per heavy atom. The van der Waals surface area contributed by atoms with Crippen molar-refractivity contribution in [2.45, 2.75) is 19.9 Å². The Bertz CT molecular complexity index is 985. The van der Waals surface area contributed by atoms with Crippen LogP contribution in [-0.2, 0) is 16.6 Å². The zero-order valence-electron chi connectivity index (χ0n) is 12.3. The van der Waals surface area contributed by atoms with Crippen molar-refractivity contribution in [3.05, 3.63) is 39.1 Å². The maximum absolute atomic E-state index is 11.6. The Labute approximate surface area is 136 Å². The van der Waals surface area contributed by atoms with Crippen LogP contribution in [0.4, 0.5) is 0 Å². The van der Waals surface area contributed by atoms with E-state index in [9.17, 15) is 13.2 Å². The molecule has 0 aliphatic carbocycles. The van der Waals surface area contributed by atoms with Gasteiger partial charge in [0, 0.05) is 10.9 Å². The summed E-state index contributed by atoms with van der Waals surface area (Å²) in [7, 11) is -3.25. The second-order valence-electron chi connectivity index (χ2n) is 4.99. The molecule has 9 heteroatoms. The van der Waals surface area contributed by atoms with Gasteiger partial charge < -0.3 is 4.42 Å². The van der Waals surface area contributed by atoms with Crippen LogP contribution in [0, 0.1) is 0 Å². The third-order valence-corrected chi connectivity index (χ3v) is 5.56. The molecule has 3 aromatic rings. The van der Waals surface area contributed by atoms with E-state index in [1.54, 1.807) is 12.1 Å². The van der Waals surface area contributed by atoms with E-state index in [1.807, 2.05) is 18.4 Å². The fourth-order valence-corrected chi connectivity index (χ4v) is 4.01. The van der Waals surface area contributed by atoms with Crippen LogP contribution in [0.1, 0.15) is 18.4 Å². The van der Waals surface area contributed by atoms with Crippen molar-refractivity contribution in [2.75, 3.05) is 5.75 Å². The molecular weight excluding hydrogens is 338 g/mol. The Kier molecular flexibility index (Phi) is 4.33. The molecule has 3 rings (SSSR count). The molecule has 0 saturated heterocycles. The number of thiazole rings is 1. The third-order valence-electron chi connectivity index (χ3n) is 3.18. The summed E-state index contributed by atoms with van der Waals surface area (Å²) in [6.07, 6.45) is 0.570. The number of hydrogen-bond donors (Lipinski definition) is 2. The minimum Gasteiger partial charge on any atom is -0.408 e. The number of fused-ring (bicyclic) bond motifs is 1. The molecule has 0 aliphatic rings. The molecule has 0 spiro atoms. The molecule has 2 heterocycles. The van der Waals surface area contributed by atoms with Gasteiger partial charge in [-0.2, -0.15) is 0 Å². The summed E-state index contributed by atoms with van der Waals surface area (Å²) >= 11 is 1.38. The van der Waals surface area contributed by atoms with Crippen LogP contribution in [-0.4, -0.2) is 24.1 Å². The smallest absolute Gasteiger partial charge is 0.408 e. The third kappa shape index (κ3) is 3.69. The van der Waals surface area contributed by atoms with Gasteiger partial charge in [-0.25, -0.2) is 22.9 Å². The van der Waals surface area contributed by atoms with Gasteiger partial charge in [0.2, 0.25) is 10.0 Å². The van der Waals surface area contributed by atoms with Crippen LogP contribution in [0.5, 0.6) is 0 Å². The van der Waals surface area contributed by atoms with E-state index in [4.69, 9.17) is 4.42 Å². The van der Waals surface area contributed by atoms with Crippen LogP contribution in [0.25, 0.3) is 22.4 Å². The maximum atomic E-state index is 11.6. The SMILES string of the molecule is CCCS(=O)(=O)NCc1nc(-c2ccc3[nH]c(=O)oc3c2)cs1. The van der Waals surface area contributed by atoms with Gasteiger partial charge in [0.1, 0.15) is 5.01 Å². The molecule has 0 bridgehead atoms. The van der Waals surface area contributed by atoms with E-state index in [1.165, 1.54) is 11.3 Å². The lowest BCUT2D eigenvalue weighted by atomic mass is 10.1. The summed E-state index contributed by atoms with van der Waals surface area (Å²) in [5, 5.41) is 2.52. The quantitative estimate of drug-likeness (QED) is 0.706. The number of benzene rings is 1. The van der Waals surface area contributed by atoms with Crippen molar-refractivity contribution in [1.82, 2.24) is 14.7 Å². The fourth-order valence-electron chi connectivity index (χ4n) is 2.14. The molecule has 0 aliphatic heterocycles. The minimum atomic E-state index is -3.25. The number of sulfonamides is 1. The van der Waals surface area contributed by atoms with Crippen LogP contribution in [0.15, 0.2) is 32.8 Å². The highest BCUT2D eigenvalue weighted by Gasteiger charge is 2.11. The van der Waals surface area contributed by atoms with Crippen molar-refractivity contribution in [3.8, 4) is 11.3 Å². The summed E-state index contributed by atoms with van der Waals surface area (Å²) < 4.78 is 30.9. The summed E-state index contributed by atoms with van der Waals surface area (Å²) in [6.45, 7) is 1.99. The normalized spacial score (nSPS) is 12.0. The van der Waals surface area contributed by atoms with Crippen molar-refractivity contribution in [2.24, 2.45) is 0 Å². The number of aromatic nitrogens is 2. The number of H-pyrrole nitrogens is 1. The molecule has 122 valence electrons. The highest BCUT2D eigenvalue weighted by molar-refractivity contribution is 7.89. The maximum Gasteiger partial charge on any atom is 0.417 e. The molecule has 2 N–H and O–H groups in total. The van der Waals surface area contributed by atoms with Gasteiger partial charge >= 0.3 is 5.76 Å². The first-order valence-electron chi connectivity index (χ1n) is 7.02. The molecule has 7 nitrogen and oxygen atoms in total. The van der Waals surface area contributed by atoms with E-state index in [0.29, 0.717) is 28.2 Å². The summed E-state index contributed by atoms with van der Waals surface area (Å²) in [4.78, 5) is 18.2. The molecule has 0 fully saturated rings. The topological polar surface area (TPSA) is 105 Å². The van der Waals surface area contributed by atoms with Gasteiger partial charge in [0.05, 0.1) is 23.5 Å². The largest absolute Gasteiger partial charge is 0.417 e. The molecule has 2 aromatic heterocycles. The highest BCUT2D eigenvalue weighted by atomic mass is 32.2. The van der Waals surface area contributed by atoms with Crippen LogP contribution < -0.4 is 10.5 Å². The van der Waals surface area contributed by atoms with Gasteiger partial charge in [-0.05, 0) is 18.6 Å². The van der Waals surface area contributed by atoms with Gasteiger partial charge in [0.25, 0.3) is 0 Å². The molecule has 0 unspecified atom stereocenters. The van der Waals surface area contributed by atoms with Crippen molar-refractivity contribution >= 4 is 32.5 Å². The number of nitrogens with zero attached hydrogens (tertiary/aromatic N) is 1. The zero-order chi connectivity index (χ0) is 16.4. The van der Waals surface area contributed by atoms with E-state index in [0.717, 1.165) is 5.56 Å². The first-order valence-corrected chi connectivity index (χ1v) is 9.55. The zero-order valence-corrected chi connectivity index (χ0v) is 14.0. The predicted octanol–water partition coefficient (Wildman–Crippen LogP) is 2.07. The Morgan fingerprint density at radius 2 is 2.22 bits per heavy atom. The fraction of sp³-hybridized carbons (Fsp3) is 0.286. The number of nitrogens with one attached hydrogen (secondary N) is 2. The average molecular weight is 353 g/mol. The van der Waals surface area contributed by atoms with Gasteiger partial charge in [0.15, 0.2) is 5.58 Å². The summed E-state index contributed by atoms with van der Waals surface area (Å²) in [6, 6.07) is 5.31. The second-order valence-corrected chi connectivity index (χ2v) is 7.86. The molecule has 0 radical (unpaired) electrons. The molecule has 1 aromatic carbocycles. The van der Waals surface area contributed by atoms with Crippen LogP contribution in [0.3, 0.4) is 0 Å². The van der Waals surface area contributed by atoms with Crippen molar-refractivity contribution in [1.29, 1.82) is 0 Å². The van der Waals surface area contributed by atoms with Crippen LogP contribution >= 0.6 is 11.3 Å². The Balaban J connectivity index is 1.79. The van der Waals surface area contributed by atoms with Crippen molar-refractivity contribution in [3.63, 3.8) is 0 Å². The van der Waals surface area contributed by atoms with Crippen LogP contribution in [0.2, 0.25) is 0 Å². The first kappa shape index (κ1) is 15.9. The monoisotopic (exact) mass is 353 g/mol. The van der Waals surface area contributed by atoms with E-state index in [-0.39, 0.29) is 12.3 Å². The van der Waals surface area contributed by atoms with E-state index >= 15 is 0 Å². The van der Waals surface area contributed by atoms with Gasteiger partial charge in [-0.15, -0.1) is 11.3 Å². The average Bonchev–Trinajstić information content (AvgIpc) is 3.09. The molecule has 0 amide bonds. The molecule has 0 saturated carbocycles. The van der Waals surface area contributed by atoms with E-state index < -0.39 is 15.8 Å². The second kappa shape index (κ2) is 6.26. The van der Waals surface area contributed by atoms with Crippen molar-refractivity contribution < 1.29 is 12.8 Å². The molecule has 0 atom stereocenters. The van der Waals surface area contributed by atoms with E-state index in [2.05, 4.69) is 14.7 Å². The number of aromatic amines is 1. The lowest BCUT2D eigenvalue weighted by molar-refractivity contribution is 0.555.